The summed E-state index contributed by atoms with van der Waals surface area (Å²) in [5.74, 6) is 0.677. The van der Waals surface area contributed by atoms with Gasteiger partial charge in [-0.3, -0.25) is 14.7 Å². The van der Waals surface area contributed by atoms with Gasteiger partial charge in [0, 0.05) is 49.0 Å². The Labute approximate surface area is 291 Å². The van der Waals surface area contributed by atoms with Crippen LogP contribution in [0.5, 0.6) is 11.5 Å². The molecule has 256 valence electrons. The molecule has 0 saturated carbocycles. The van der Waals surface area contributed by atoms with Gasteiger partial charge in [0.05, 0.1) is 73.7 Å². The fraction of sp³-hybridized carbons (Fsp3) is 0.324. The van der Waals surface area contributed by atoms with Crippen molar-refractivity contribution in [3.8, 4) is 17.6 Å². The highest BCUT2D eigenvalue weighted by Gasteiger charge is 2.16. The molecule has 2 N–H and O–H groups in total. The van der Waals surface area contributed by atoms with Gasteiger partial charge in [-0.05, 0) is 36.8 Å². The van der Waals surface area contributed by atoms with Crippen molar-refractivity contribution in [2.24, 2.45) is 0 Å². The number of hydrogen-bond donors (Lipinski definition) is 2. The highest BCUT2D eigenvalue weighted by molar-refractivity contribution is 6.32. The average Bonchev–Trinajstić information content (AvgIpc) is 3.10. The minimum atomic E-state index is -0.323. The van der Waals surface area contributed by atoms with Crippen molar-refractivity contribution in [3.63, 3.8) is 0 Å². The van der Waals surface area contributed by atoms with Gasteiger partial charge in [0.2, 0.25) is 5.91 Å². The number of nitrogens with one attached hydrogen (secondary N) is 2. The van der Waals surface area contributed by atoms with Crippen LogP contribution in [-0.2, 0) is 25.6 Å². The number of nitriles is 1. The third-order valence-corrected chi connectivity index (χ3v) is 7.86. The van der Waals surface area contributed by atoms with Gasteiger partial charge in [0.1, 0.15) is 24.2 Å². The molecule has 0 radical (unpaired) electrons. The molecular formula is C37H40ClN5O6. The lowest BCUT2D eigenvalue weighted by molar-refractivity contribution is -0.111. The number of pyridine rings is 1. The van der Waals surface area contributed by atoms with Crippen molar-refractivity contribution in [3.05, 3.63) is 95.2 Å². The molecular weight excluding hydrogens is 646 g/mol. The third kappa shape index (κ3) is 10.6. The number of rotatable bonds is 11. The van der Waals surface area contributed by atoms with Crippen molar-refractivity contribution >= 4 is 45.5 Å². The van der Waals surface area contributed by atoms with E-state index >= 15 is 0 Å². The van der Waals surface area contributed by atoms with Crippen molar-refractivity contribution in [2.75, 3.05) is 76.5 Å². The summed E-state index contributed by atoms with van der Waals surface area (Å²) >= 11 is 6.59. The predicted molar refractivity (Wildman–Crippen MR) is 190 cm³/mol. The Morgan fingerprint density at radius 2 is 1.71 bits per heavy atom. The van der Waals surface area contributed by atoms with Gasteiger partial charge in [-0.25, -0.2) is 0 Å². The summed E-state index contributed by atoms with van der Waals surface area (Å²) < 4.78 is 28.5. The largest absolute Gasteiger partial charge is 0.492 e. The third-order valence-electron chi connectivity index (χ3n) is 7.57. The van der Waals surface area contributed by atoms with E-state index in [4.69, 9.17) is 35.3 Å². The second-order valence-electron chi connectivity index (χ2n) is 11.0. The molecule has 0 atom stereocenters. The molecule has 0 aliphatic carbocycles. The number of anilines is 3. The highest BCUT2D eigenvalue weighted by Crippen LogP contribution is 2.37. The second-order valence-corrected chi connectivity index (χ2v) is 11.4. The zero-order valence-electron chi connectivity index (χ0n) is 27.5. The lowest BCUT2D eigenvalue weighted by atomic mass is 10.1. The molecule has 1 fully saturated rings. The van der Waals surface area contributed by atoms with Crippen LogP contribution < -0.4 is 20.1 Å². The first kappa shape index (κ1) is 35.6. The maximum absolute atomic E-state index is 13.1. The number of fused-ring (bicyclic) bond motifs is 1. The fourth-order valence-corrected chi connectivity index (χ4v) is 5.33. The van der Waals surface area contributed by atoms with E-state index in [1.165, 1.54) is 12.3 Å². The summed E-state index contributed by atoms with van der Waals surface area (Å²) in [6, 6.07) is 20.9. The van der Waals surface area contributed by atoms with Crippen LogP contribution in [0.3, 0.4) is 0 Å². The van der Waals surface area contributed by atoms with Crippen LogP contribution in [0.15, 0.2) is 79.0 Å². The number of ether oxygens (including phenoxy) is 5. The van der Waals surface area contributed by atoms with Gasteiger partial charge >= 0.3 is 0 Å². The number of benzene rings is 3. The van der Waals surface area contributed by atoms with Crippen LogP contribution in [0.4, 0.5) is 17.1 Å². The Balaban J connectivity index is 1.32. The molecule has 3 aromatic carbocycles. The molecule has 1 saturated heterocycles. The van der Waals surface area contributed by atoms with E-state index in [-0.39, 0.29) is 5.91 Å². The molecule has 0 spiro atoms. The first-order chi connectivity index (χ1) is 24.0. The predicted octanol–water partition coefficient (Wildman–Crippen LogP) is 6.34. The van der Waals surface area contributed by atoms with Crippen LogP contribution >= 0.6 is 11.6 Å². The Kier molecular flexibility index (Phi) is 13.6. The van der Waals surface area contributed by atoms with Gasteiger partial charge in [-0.1, -0.05) is 48.0 Å². The second kappa shape index (κ2) is 18.7. The number of hydrogen-bond acceptors (Lipinski definition) is 10. The molecule has 1 aliphatic rings. The van der Waals surface area contributed by atoms with E-state index in [9.17, 15) is 10.1 Å². The van der Waals surface area contributed by atoms with E-state index in [0.717, 1.165) is 5.56 Å². The summed E-state index contributed by atoms with van der Waals surface area (Å²) in [5.41, 5.74) is 3.54. The van der Waals surface area contributed by atoms with Crippen LogP contribution in [0.25, 0.3) is 10.9 Å². The van der Waals surface area contributed by atoms with E-state index in [1.54, 1.807) is 24.3 Å². The summed E-state index contributed by atoms with van der Waals surface area (Å²) in [6.07, 6.45) is 4.81. The Bertz CT molecular complexity index is 1750. The molecule has 0 bridgehead atoms. The highest BCUT2D eigenvalue weighted by atomic mass is 35.5. The van der Waals surface area contributed by atoms with Gasteiger partial charge in [0.15, 0.2) is 0 Å². The van der Waals surface area contributed by atoms with Crippen LogP contribution in [-0.4, -0.2) is 81.7 Å². The van der Waals surface area contributed by atoms with E-state index in [0.29, 0.717) is 123 Å². The van der Waals surface area contributed by atoms with Gasteiger partial charge in [-0.2, -0.15) is 5.26 Å². The Morgan fingerprint density at radius 3 is 2.41 bits per heavy atom. The van der Waals surface area contributed by atoms with Crippen molar-refractivity contribution in [1.29, 1.82) is 5.26 Å². The number of carbonyl (C=O) groups excluding carboxylic acids is 1. The summed E-state index contributed by atoms with van der Waals surface area (Å²) in [7, 11) is 0. The van der Waals surface area contributed by atoms with Gasteiger partial charge in [0.25, 0.3) is 0 Å². The summed E-state index contributed by atoms with van der Waals surface area (Å²) in [4.78, 5) is 19.8. The zero-order valence-corrected chi connectivity index (χ0v) is 28.2. The standard InChI is InChI=1S/C37H40ClN5O6/c1-2-48-35-23-32-30(22-33(35)42-36(44)9-6-12-43-13-15-45-17-19-47-20-18-46-16-14-43)37(28(24-39)25-40-32)41-29-10-11-34(31(38)21-29)49-26-27-7-4-3-5-8-27/h3-11,21-23,25H,2,12-20,26H2,1H3,(H,40,41)(H,42,44). The molecule has 0 unspecified atom stereocenters. The number of halogens is 1. The number of nitrogens with zero attached hydrogens (tertiary/aromatic N) is 3. The van der Waals surface area contributed by atoms with Gasteiger partial charge < -0.3 is 34.3 Å². The average molecular weight is 686 g/mol. The maximum atomic E-state index is 13.1. The SMILES string of the molecule is CCOc1cc2ncc(C#N)c(Nc3ccc(OCc4ccccc4)c(Cl)c3)c2cc1NC(=O)C=CCN1CCOCCOCCOCC1. The van der Waals surface area contributed by atoms with Crippen LogP contribution in [0.2, 0.25) is 5.02 Å². The monoisotopic (exact) mass is 685 g/mol. The fourth-order valence-electron chi connectivity index (χ4n) is 5.09. The zero-order chi connectivity index (χ0) is 34.3. The van der Waals surface area contributed by atoms with Crippen LogP contribution in [0, 0.1) is 11.3 Å². The molecule has 49 heavy (non-hydrogen) atoms. The molecule has 12 heteroatoms. The van der Waals surface area contributed by atoms with Gasteiger partial charge in [-0.15, -0.1) is 0 Å². The lowest BCUT2D eigenvalue weighted by Crippen LogP contribution is -2.32. The number of amides is 1. The number of carbonyl (C=O) groups is 1. The Hall–Kier alpha value is -4.70. The van der Waals surface area contributed by atoms with Crippen LogP contribution in [0.1, 0.15) is 18.1 Å². The van der Waals surface area contributed by atoms with E-state index in [2.05, 4.69) is 26.6 Å². The minimum absolute atomic E-state index is 0.320. The first-order valence-electron chi connectivity index (χ1n) is 16.2. The van der Waals surface area contributed by atoms with E-state index in [1.807, 2.05) is 49.4 Å². The molecule has 4 aromatic rings. The van der Waals surface area contributed by atoms with Crippen molar-refractivity contribution < 1.29 is 28.5 Å². The smallest absolute Gasteiger partial charge is 0.248 e. The Morgan fingerprint density at radius 1 is 0.980 bits per heavy atom. The number of aromatic nitrogens is 1. The molecule has 5 rings (SSSR count). The molecule has 2 heterocycles. The van der Waals surface area contributed by atoms with Crippen molar-refractivity contribution in [1.82, 2.24) is 9.88 Å². The normalized spacial score (nSPS) is 14.8. The maximum Gasteiger partial charge on any atom is 0.248 e. The molecule has 1 amide bonds. The summed E-state index contributed by atoms with van der Waals surface area (Å²) in [6.45, 7) is 7.86. The quantitative estimate of drug-likeness (QED) is 0.173. The molecule has 11 nitrogen and oxygen atoms in total. The molecule has 1 aromatic heterocycles. The topological polar surface area (TPSA) is 127 Å². The first-order valence-corrected chi connectivity index (χ1v) is 16.6. The van der Waals surface area contributed by atoms with E-state index < -0.39 is 0 Å². The van der Waals surface area contributed by atoms with Crippen molar-refractivity contribution in [2.45, 2.75) is 13.5 Å². The minimum Gasteiger partial charge on any atom is -0.492 e. The lowest BCUT2D eigenvalue weighted by Gasteiger charge is -2.21. The summed E-state index contributed by atoms with van der Waals surface area (Å²) in [5, 5.41) is 17.3. The molecule has 1 aliphatic heterocycles.